The maximum Gasteiger partial charge on any atom is 0.0459 e. The van der Waals surface area contributed by atoms with Crippen molar-refractivity contribution in [1.82, 2.24) is 0 Å². The van der Waals surface area contributed by atoms with Crippen LogP contribution in [-0.2, 0) is 0 Å². The maximum absolute atomic E-state index is 2.45. The monoisotopic (exact) mass is 256 g/mol. The fraction of sp³-hybridized carbons (Fsp3) is 0.200. The van der Waals surface area contributed by atoms with Gasteiger partial charge in [0.1, 0.15) is 0 Å². The van der Waals surface area contributed by atoms with Gasteiger partial charge in [-0.3, -0.25) is 0 Å². The van der Waals surface area contributed by atoms with Crippen molar-refractivity contribution in [3.05, 3.63) is 95.2 Å². The molecule has 0 radical (unpaired) electrons. The highest BCUT2D eigenvalue weighted by Crippen LogP contribution is 2.68. The van der Waals surface area contributed by atoms with Gasteiger partial charge >= 0.3 is 0 Å². The predicted molar refractivity (Wildman–Crippen MR) is 83.0 cm³/mol. The van der Waals surface area contributed by atoms with E-state index in [1.807, 2.05) is 0 Å². The van der Waals surface area contributed by atoms with Crippen molar-refractivity contribution in [2.24, 2.45) is 10.8 Å². The SMILES string of the molecule is C1=CC2=C3C=CCC4=C3C3(C=CC=CC23C=C1)CC=C4. The van der Waals surface area contributed by atoms with E-state index in [1.165, 1.54) is 16.7 Å². The molecule has 5 rings (SSSR count). The summed E-state index contributed by atoms with van der Waals surface area (Å²) in [4.78, 5) is 0. The Hall–Kier alpha value is -2.08. The van der Waals surface area contributed by atoms with Crippen LogP contribution >= 0.6 is 0 Å². The lowest BCUT2D eigenvalue weighted by Gasteiger charge is -2.47. The number of allylic oxidation sites excluding steroid dienone is 16. The van der Waals surface area contributed by atoms with Gasteiger partial charge in [0.05, 0.1) is 0 Å². The van der Waals surface area contributed by atoms with Crippen molar-refractivity contribution in [3.8, 4) is 0 Å². The van der Waals surface area contributed by atoms with Gasteiger partial charge in [0.2, 0.25) is 0 Å². The number of rotatable bonds is 0. The molecule has 96 valence electrons. The second kappa shape index (κ2) is 3.32. The van der Waals surface area contributed by atoms with E-state index in [-0.39, 0.29) is 10.8 Å². The number of hydrogen-bond acceptors (Lipinski definition) is 0. The molecule has 2 unspecified atom stereocenters. The predicted octanol–water partition coefficient (Wildman–Crippen LogP) is 4.74. The smallest absolute Gasteiger partial charge is 0.0459 e. The molecule has 5 aliphatic carbocycles. The average molecular weight is 256 g/mol. The van der Waals surface area contributed by atoms with Crippen molar-refractivity contribution in [1.29, 1.82) is 0 Å². The summed E-state index contributed by atoms with van der Waals surface area (Å²) in [6.45, 7) is 0. The molecule has 0 saturated heterocycles. The van der Waals surface area contributed by atoms with Crippen LogP contribution in [0.2, 0.25) is 0 Å². The summed E-state index contributed by atoms with van der Waals surface area (Å²) in [6.07, 6.45) is 30.0. The molecule has 0 heteroatoms. The van der Waals surface area contributed by atoms with Gasteiger partial charge in [-0.1, -0.05) is 72.9 Å². The molecule has 0 saturated carbocycles. The van der Waals surface area contributed by atoms with Crippen LogP contribution in [0.4, 0.5) is 0 Å². The molecule has 0 aromatic heterocycles. The standard InChI is InChI=1S/C20H16/c1-2-11-19-12-3-4-13-20(19)14-6-8-15-7-5-9-16(18(15)20)17(19)10-1/h1-6,8-13H,7,14H2. The van der Waals surface area contributed by atoms with Crippen LogP contribution in [0, 0.1) is 10.8 Å². The molecule has 0 bridgehead atoms. The Morgan fingerprint density at radius 2 is 1.65 bits per heavy atom. The summed E-state index contributed by atoms with van der Waals surface area (Å²) in [6, 6.07) is 0. The van der Waals surface area contributed by atoms with E-state index in [2.05, 4.69) is 72.9 Å². The second-order valence-electron chi connectivity index (χ2n) is 6.22. The van der Waals surface area contributed by atoms with Crippen molar-refractivity contribution >= 4 is 0 Å². The Morgan fingerprint density at radius 1 is 0.800 bits per heavy atom. The normalized spacial score (nSPS) is 38.4. The van der Waals surface area contributed by atoms with Gasteiger partial charge < -0.3 is 0 Å². The fourth-order valence-electron chi connectivity index (χ4n) is 4.73. The first-order valence-corrected chi connectivity index (χ1v) is 7.42. The number of hydrogen-bond donors (Lipinski definition) is 0. The van der Waals surface area contributed by atoms with Gasteiger partial charge in [-0.05, 0) is 35.1 Å². The fourth-order valence-corrected chi connectivity index (χ4v) is 4.73. The third-order valence-electron chi connectivity index (χ3n) is 5.48. The van der Waals surface area contributed by atoms with E-state index in [0.717, 1.165) is 12.8 Å². The first kappa shape index (κ1) is 10.7. The molecule has 0 aromatic carbocycles. The van der Waals surface area contributed by atoms with Crippen molar-refractivity contribution in [3.63, 3.8) is 0 Å². The topological polar surface area (TPSA) is 0 Å². The zero-order valence-corrected chi connectivity index (χ0v) is 11.3. The summed E-state index contributed by atoms with van der Waals surface area (Å²) in [5.41, 5.74) is 6.18. The van der Waals surface area contributed by atoms with Gasteiger partial charge in [0.25, 0.3) is 0 Å². The summed E-state index contributed by atoms with van der Waals surface area (Å²) in [5, 5.41) is 0. The van der Waals surface area contributed by atoms with Crippen LogP contribution < -0.4 is 0 Å². The molecule has 0 amide bonds. The van der Waals surface area contributed by atoms with E-state index in [0.29, 0.717) is 0 Å². The molecular formula is C20H16. The molecular weight excluding hydrogens is 240 g/mol. The van der Waals surface area contributed by atoms with Gasteiger partial charge in [-0.2, -0.15) is 0 Å². The quantitative estimate of drug-likeness (QED) is 0.587. The van der Waals surface area contributed by atoms with E-state index in [4.69, 9.17) is 0 Å². The third kappa shape index (κ3) is 0.955. The lowest BCUT2D eigenvalue weighted by Crippen LogP contribution is -2.39. The second-order valence-corrected chi connectivity index (χ2v) is 6.22. The van der Waals surface area contributed by atoms with Gasteiger partial charge in [0.15, 0.2) is 0 Å². The molecule has 20 heavy (non-hydrogen) atoms. The van der Waals surface area contributed by atoms with Crippen molar-refractivity contribution in [2.75, 3.05) is 0 Å². The molecule has 0 N–H and O–H groups in total. The van der Waals surface area contributed by atoms with Crippen LogP contribution in [0.5, 0.6) is 0 Å². The van der Waals surface area contributed by atoms with Gasteiger partial charge in [-0.15, -0.1) is 0 Å². The van der Waals surface area contributed by atoms with Crippen LogP contribution in [0.15, 0.2) is 95.2 Å². The van der Waals surface area contributed by atoms with Gasteiger partial charge in [-0.25, -0.2) is 0 Å². The highest BCUT2D eigenvalue weighted by atomic mass is 14.6. The molecule has 2 spiro atoms. The van der Waals surface area contributed by atoms with Crippen molar-refractivity contribution in [2.45, 2.75) is 12.8 Å². The molecule has 5 aliphatic rings. The molecule has 0 aromatic rings. The Morgan fingerprint density at radius 3 is 2.60 bits per heavy atom. The van der Waals surface area contributed by atoms with Crippen LogP contribution in [0.25, 0.3) is 0 Å². The highest BCUT2D eigenvalue weighted by Gasteiger charge is 2.58. The zero-order valence-electron chi connectivity index (χ0n) is 11.3. The third-order valence-corrected chi connectivity index (χ3v) is 5.48. The minimum absolute atomic E-state index is 0.0336. The first-order chi connectivity index (χ1) is 9.87. The maximum atomic E-state index is 2.45. The summed E-state index contributed by atoms with van der Waals surface area (Å²) in [5.74, 6) is 0. The average Bonchev–Trinajstić information content (AvgIpc) is 2.77. The molecule has 0 aliphatic heterocycles. The largest absolute Gasteiger partial charge is 0.0830 e. The van der Waals surface area contributed by atoms with Crippen LogP contribution in [0.3, 0.4) is 0 Å². The minimum Gasteiger partial charge on any atom is -0.0830 e. The summed E-state index contributed by atoms with van der Waals surface area (Å²) >= 11 is 0. The Bertz CT molecular complexity index is 748. The minimum atomic E-state index is 0.0336. The Kier molecular flexibility index (Phi) is 1.77. The summed E-state index contributed by atoms with van der Waals surface area (Å²) in [7, 11) is 0. The van der Waals surface area contributed by atoms with Crippen LogP contribution in [0.1, 0.15) is 12.8 Å². The molecule has 0 nitrogen and oxygen atoms in total. The molecule has 0 fully saturated rings. The van der Waals surface area contributed by atoms with E-state index in [1.54, 1.807) is 5.57 Å². The highest BCUT2D eigenvalue weighted by molar-refractivity contribution is 5.73. The lowest BCUT2D eigenvalue weighted by atomic mass is 9.55. The first-order valence-electron chi connectivity index (χ1n) is 7.42. The summed E-state index contributed by atoms with van der Waals surface area (Å²) < 4.78 is 0. The zero-order chi connectivity index (χ0) is 13.2. The van der Waals surface area contributed by atoms with E-state index >= 15 is 0 Å². The molecule has 0 heterocycles. The Balaban J connectivity index is 1.95. The van der Waals surface area contributed by atoms with Crippen LogP contribution in [-0.4, -0.2) is 0 Å². The van der Waals surface area contributed by atoms with Crippen molar-refractivity contribution < 1.29 is 0 Å². The van der Waals surface area contributed by atoms with E-state index in [9.17, 15) is 0 Å². The van der Waals surface area contributed by atoms with Gasteiger partial charge in [0, 0.05) is 10.8 Å². The van der Waals surface area contributed by atoms with E-state index < -0.39 is 0 Å². The molecule has 2 atom stereocenters. The Labute approximate surface area is 119 Å². The lowest BCUT2D eigenvalue weighted by molar-refractivity contribution is 0.310.